The highest BCUT2D eigenvalue weighted by molar-refractivity contribution is 5.78. The average Bonchev–Trinajstić information content (AvgIpc) is 2.56. The van der Waals surface area contributed by atoms with Crippen LogP contribution in [0.15, 0.2) is 48.5 Å². The summed E-state index contributed by atoms with van der Waals surface area (Å²) in [5.74, 6) is -3.10. The van der Waals surface area contributed by atoms with Crippen molar-refractivity contribution in [2.24, 2.45) is 0 Å². The molecular weight excluding hydrogens is 304 g/mol. The number of hydrogen-bond donors (Lipinski definition) is 2. The van der Waals surface area contributed by atoms with Crippen LogP contribution >= 0.6 is 0 Å². The molecule has 2 aromatic rings. The standard InChI is InChI=1S/C20H22O4/c1-3-17(20(23)24)16-10-9-15(11-14-7-5-4-6-8-14)18(12-16)13(2)19(21)22/h4-10,12-13,17H,3,11H2,1-2H3,(H,21,22)(H,23,24). The van der Waals surface area contributed by atoms with Crippen LogP contribution in [0.3, 0.4) is 0 Å². The van der Waals surface area contributed by atoms with E-state index in [1.54, 1.807) is 19.1 Å². The Bertz CT molecular complexity index is 722. The predicted octanol–water partition coefficient (Wildman–Crippen LogP) is 4.04. The monoisotopic (exact) mass is 326 g/mol. The van der Waals surface area contributed by atoms with Crippen LogP contribution in [0.25, 0.3) is 0 Å². The van der Waals surface area contributed by atoms with Crippen molar-refractivity contribution in [3.8, 4) is 0 Å². The first-order valence-corrected chi connectivity index (χ1v) is 8.06. The minimum absolute atomic E-state index is 0.467. The van der Waals surface area contributed by atoms with Crippen LogP contribution in [0.4, 0.5) is 0 Å². The van der Waals surface area contributed by atoms with Crippen LogP contribution in [-0.2, 0) is 16.0 Å². The van der Waals surface area contributed by atoms with Gasteiger partial charge in [-0.25, -0.2) is 0 Å². The molecule has 4 nitrogen and oxygen atoms in total. The smallest absolute Gasteiger partial charge is 0.310 e. The van der Waals surface area contributed by atoms with Gasteiger partial charge in [-0.3, -0.25) is 9.59 Å². The second kappa shape index (κ2) is 7.77. The van der Waals surface area contributed by atoms with Gasteiger partial charge in [-0.05, 0) is 42.0 Å². The van der Waals surface area contributed by atoms with Crippen molar-refractivity contribution in [3.63, 3.8) is 0 Å². The van der Waals surface area contributed by atoms with Crippen LogP contribution in [0.5, 0.6) is 0 Å². The summed E-state index contributed by atoms with van der Waals surface area (Å²) in [5.41, 5.74) is 3.35. The van der Waals surface area contributed by atoms with E-state index >= 15 is 0 Å². The minimum Gasteiger partial charge on any atom is -0.481 e. The molecule has 0 radical (unpaired) electrons. The first-order valence-electron chi connectivity index (χ1n) is 8.06. The summed E-state index contributed by atoms with van der Waals surface area (Å²) in [6.07, 6.45) is 1.09. The van der Waals surface area contributed by atoms with Gasteiger partial charge in [0.15, 0.2) is 0 Å². The van der Waals surface area contributed by atoms with Crippen molar-refractivity contribution >= 4 is 11.9 Å². The van der Waals surface area contributed by atoms with E-state index in [0.29, 0.717) is 24.0 Å². The average molecular weight is 326 g/mol. The quantitative estimate of drug-likeness (QED) is 0.805. The molecule has 2 unspecified atom stereocenters. The summed E-state index contributed by atoms with van der Waals surface area (Å²) < 4.78 is 0. The number of carboxylic acids is 2. The molecule has 2 aromatic carbocycles. The van der Waals surface area contributed by atoms with Gasteiger partial charge in [0.25, 0.3) is 0 Å². The van der Waals surface area contributed by atoms with Gasteiger partial charge >= 0.3 is 11.9 Å². The van der Waals surface area contributed by atoms with Gasteiger partial charge < -0.3 is 10.2 Å². The third-order valence-corrected chi connectivity index (χ3v) is 4.35. The Morgan fingerprint density at radius 2 is 1.67 bits per heavy atom. The highest BCUT2D eigenvalue weighted by Gasteiger charge is 2.22. The Hall–Kier alpha value is -2.62. The minimum atomic E-state index is -0.912. The third-order valence-electron chi connectivity index (χ3n) is 4.35. The fourth-order valence-electron chi connectivity index (χ4n) is 2.90. The summed E-state index contributed by atoms with van der Waals surface area (Å²) in [6, 6.07) is 15.2. The van der Waals surface area contributed by atoms with Gasteiger partial charge in [-0.15, -0.1) is 0 Å². The lowest BCUT2D eigenvalue weighted by Crippen LogP contribution is -2.14. The normalized spacial score (nSPS) is 13.2. The molecule has 0 fully saturated rings. The van der Waals surface area contributed by atoms with Crippen LogP contribution in [0.1, 0.15) is 54.4 Å². The molecule has 0 aliphatic carbocycles. The van der Waals surface area contributed by atoms with E-state index in [-0.39, 0.29) is 0 Å². The summed E-state index contributed by atoms with van der Waals surface area (Å²) in [7, 11) is 0. The van der Waals surface area contributed by atoms with E-state index < -0.39 is 23.8 Å². The summed E-state index contributed by atoms with van der Waals surface area (Å²) in [5, 5.41) is 18.8. The first kappa shape index (κ1) is 17.7. The maximum atomic E-state index is 11.5. The van der Waals surface area contributed by atoms with Crippen molar-refractivity contribution in [1.29, 1.82) is 0 Å². The van der Waals surface area contributed by atoms with Gasteiger partial charge in [0.05, 0.1) is 11.8 Å². The number of benzene rings is 2. The van der Waals surface area contributed by atoms with Crippen LogP contribution < -0.4 is 0 Å². The van der Waals surface area contributed by atoms with E-state index in [9.17, 15) is 19.8 Å². The second-order valence-electron chi connectivity index (χ2n) is 5.98. The molecule has 2 rings (SSSR count). The molecule has 0 spiro atoms. The van der Waals surface area contributed by atoms with Crippen molar-refractivity contribution in [3.05, 3.63) is 70.8 Å². The highest BCUT2D eigenvalue weighted by atomic mass is 16.4. The molecule has 0 aromatic heterocycles. The Balaban J connectivity index is 2.46. The molecule has 2 N–H and O–H groups in total. The molecule has 0 saturated heterocycles. The predicted molar refractivity (Wildman–Crippen MR) is 92.4 cm³/mol. The Kier molecular flexibility index (Phi) is 5.74. The van der Waals surface area contributed by atoms with E-state index in [2.05, 4.69) is 0 Å². The zero-order chi connectivity index (χ0) is 17.7. The Morgan fingerprint density at radius 1 is 1.00 bits per heavy atom. The molecule has 24 heavy (non-hydrogen) atoms. The zero-order valence-electron chi connectivity index (χ0n) is 13.9. The van der Waals surface area contributed by atoms with Crippen LogP contribution in [0, 0.1) is 0 Å². The molecule has 4 heteroatoms. The summed E-state index contributed by atoms with van der Waals surface area (Å²) >= 11 is 0. The fraction of sp³-hybridized carbons (Fsp3) is 0.300. The van der Waals surface area contributed by atoms with Crippen molar-refractivity contribution in [2.75, 3.05) is 0 Å². The van der Waals surface area contributed by atoms with E-state index in [1.165, 1.54) is 0 Å². The number of aliphatic carboxylic acids is 2. The Labute approximate surface area is 141 Å². The summed E-state index contributed by atoms with van der Waals surface area (Å²) in [4.78, 5) is 22.9. The maximum Gasteiger partial charge on any atom is 0.310 e. The lowest BCUT2D eigenvalue weighted by Gasteiger charge is -2.18. The molecular formula is C20H22O4. The molecule has 0 aliphatic heterocycles. The summed E-state index contributed by atoms with van der Waals surface area (Å²) in [6.45, 7) is 3.45. The lowest BCUT2D eigenvalue weighted by atomic mass is 9.86. The number of carboxylic acid groups (broad SMARTS) is 2. The van der Waals surface area contributed by atoms with Crippen LogP contribution in [0.2, 0.25) is 0 Å². The largest absolute Gasteiger partial charge is 0.481 e. The van der Waals surface area contributed by atoms with Crippen molar-refractivity contribution in [2.45, 2.75) is 38.5 Å². The molecule has 0 saturated carbocycles. The lowest BCUT2D eigenvalue weighted by molar-refractivity contribution is -0.139. The van der Waals surface area contributed by atoms with Crippen molar-refractivity contribution < 1.29 is 19.8 Å². The number of carbonyl (C=O) groups is 2. The fourth-order valence-corrected chi connectivity index (χ4v) is 2.90. The molecule has 0 bridgehead atoms. The van der Waals surface area contributed by atoms with E-state index in [0.717, 1.165) is 11.1 Å². The van der Waals surface area contributed by atoms with Crippen LogP contribution in [-0.4, -0.2) is 22.2 Å². The maximum absolute atomic E-state index is 11.5. The Morgan fingerprint density at radius 3 is 2.21 bits per heavy atom. The number of hydrogen-bond acceptors (Lipinski definition) is 2. The third kappa shape index (κ3) is 4.02. The van der Waals surface area contributed by atoms with Crippen molar-refractivity contribution in [1.82, 2.24) is 0 Å². The van der Waals surface area contributed by atoms with Gasteiger partial charge in [0.2, 0.25) is 0 Å². The molecule has 126 valence electrons. The van der Waals surface area contributed by atoms with Gasteiger partial charge in [0, 0.05) is 0 Å². The van der Waals surface area contributed by atoms with Gasteiger partial charge in [0.1, 0.15) is 0 Å². The van der Waals surface area contributed by atoms with E-state index in [1.807, 2.05) is 43.3 Å². The zero-order valence-corrected chi connectivity index (χ0v) is 13.9. The SMILES string of the molecule is CCC(C(=O)O)c1ccc(Cc2ccccc2)c(C(C)C(=O)O)c1. The van der Waals surface area contributed by atoms with Gasteiger partial charge in [-0.1, -0.05) is 55.5 Å². The second-order valence-corrected chi connectivity index (χ2v) is 5.98. The number of rotatable bonds is 7. The molecule has 2 atom stereocenters. The van der Waals surface area contributed by atoms with Gasteiger partial charge in [-0.2, -0.15) is 0 Å². The molecule has 0 heterocycles. The highest BCUT2D eigenvalue weighted by Crippen LogP contribution is 2.29. The first-order chi connectivity index (χ1) is 11.4. The molecule has 0 amide bonds. The molecule has 0 aliphatic rings. The topological polar surface area (TPSA) is 74.6 Å². The van der Waals surface area contributed by atoms with E-state index in [4.69, 9.17) is 0 Å².